The average molecular weight is 1230 g/mol. The number of benzene rings is 6. The van der Waals surface area contributed by atoms with Crippen LogP contribution in [0.4, 0.5) is 61.1 Å². The van der Waals surface area contributed by atoms with Gasteiger partial charge in [0.2, 0.25) is 0 Å². The van der Waals surface area contributed by atoms with E-state index in [-0.39, 0.29) is 17.7 Å². The Morgan fingerprint density at radius 1 is 0.600 bits per heavy atom. The molecule has 0 bridgehead atoms. The van der Waals surface area contributed by atoms with Crippen LogP contribution in [0.25, 0.3) is 54.3 Å². The molecule has 19 heteroatoms. The maximum atomic E-state index is 15.2. The summed E-state index contributed by atoms with van der Waals surface area (Å²) in [5.41, 5.74) is 32.2. The number of carbonyl (C=O) groups is 3. The summed E-state index contributed by atoms with van der Waals surface area (Å²) in [7, 11) is 2.15. The third kappa shape index (κ3) is 11.8. The fraction of sp³-hybridized carbons (Fsp3) is 0.211. The Labute approximate surface area is 529 Å². The van der Waals surface area contributed by atoms with Crippen LogP contribution < -0.4 is 47.4 Å². The monoisotopic (exact) mass is 1230 g/mol. The number of aromatic nitrogens is 3. The summed E-state index contributed by atoms with van der Waals surface area (Å²) in [6, 6.07) is 49.0. The summed E-state index contributed by atoms with van der Waals surface area (Å²) < 4.78 is 0. The third-order valence-electron chi connectivity index (χ3n) is 17.4. The number of hydrogen-bond donors (Lipinski definition) is 6. The molecule has 2 aliphatic heterocycles. The summed E-state index contributed by atoms with van der Waals surface area (Å²) in [6.07, 6.45) is 6.06. The molecule has 17 nitrogen and oxygen atoms in total. The first kappa shape index (κ1) is 57.8. The molecular formula is C71H67N13O4S2. The van der Waals surface area contributed by atoms with Gasteiger partial charge in [0, 0.05) is 97.0 Å². The second kappa shape index (κ2) is 24.6. The van der Waals surface area contributed by atoms with E-state index in [0.717, 1.165) is 144 Å². The highest BCUT2D eigenvalue weighted by atomic mass is 32.1. The van der Waals surface area contributed by atoms with Gasteiger partial charge >= 0.3 is 6.09 Å². The van der Waals surface area contributed by atoms with Crippen LogP contribution in [0.2, 0.25) is 0 Å². The van der Waals surface area contributed by atoms with Gasteiger partial charge in [0.25, 0.3) is 11.8 Å². The van der Waals surface area contributed by atoms with Gasteiger partial charge in [-0.3, -0.25) is 24.5 Å². The Bertz CT molecular complexity index is 4540. The minimum atomic E-state index is -1.08. The van der Waals surface area contributed by atoms with Crippen molar-refractivity contribution in [2.24, 2.45) is 0 Å². The zero-order chi connectivity index (χ0) is 61.6. The summed E-state index contributed by atoms with van der Waals surface area (Å²) in [6.45, 7) is 7.79. The number of carboxylic acid groups (broad SMARTS) is 1. The average Bonchev–Trinajstić information content (AvgIpc) is 1.30. The van der Waals surface area contributed by atoms with Crippen molar-refractivity contribution in [3.8, 4) is 21.6 Å². The zero-order valence-electron chi connectivity index (χ0n) is 49.7. The molecule has 0 atom stereocenters. The molecule has 15 rings (SSSR count). The highest BCUT2D eigenvalue weighted by Crippen LogP contribution is 2.51. The molecule has 4 fully saturated rings. The lowest BCUT2D eigenvalue weighted by molar-refractivity contribution is 0.0996. The number of hydrogen-bond acceptors (Lipinski definition) is 15. The second-order valence-corrected chi connectivity index (χ2v) is 25.4. The number of carbonyl (C=O) groups excluding carboxylic acids is 2. The molecule has 6 aromatic carbocycles. The molecule has 2 saturated heterocycles. The van der Waals surface area contributed by atoms with Crippen LogP contribution in [-0.4, -0.2) is 102 Å². The van der Waals surface area contributed by atoms with Gasteiger partial charge in [-0.25, -0.2) is 14.7 Å². The van der Waals surface area contributed by atoms with E-state index in [1.165, 1.54) is 21.9 Å². The number of piperazine rings is 2. The van der Waals surface area contributed by atoms with Gasteiger partial charge in [-0.15, -0.1) is 22.7 Å². The highest BCUT2D eigenvalue weighted by Gasteiger charge is 2.35. The van der Waals surface area contributed by atoms with Gasteiger partial charge in [0.1, 0.15) is 10.8 Å². The maximum Gasteiger partial charge on any atom is 0.416 e. The molecule has 2 saturated carbocycles. The Balaban J connectivity index is 0.000000227. The van der Waals surface area contributed by atoms with Crippen LogP contribution >= 0.6 is 22.7 Å². The molecule has 7 heterocycles. The Hall–Kier alpha value is -9.92. The smallest absolute Gasteiger partial charge is 0.416 e. The molecule has 452 valence electrons. The minimum absolute atomic E-state index is 0.123. The number of amides is 3. The fourth-order valence-electron chi connectivity index (χ4n) is 12.3. The highest BCUT2D eigenvalue weighted by molar-refractivity contribution is 7.14. The first-order valence-electron chi connectivity index (χ1n) is 30.5. The third-order valence-corrected chi connectivity index (χ3v) is 19.1. The lowest BCUT2D eigenvalue weighted by Gasteiger charge is -2.34. The van der Waals surface area contributed by atoms with Crippen LogP contribution in [0.3, 0.4) is 0 Å². The molecule has 90 heavy (non-hydrogen) atoms. The number of nitrogen functional groups attached to an aromatic ring is 3. The van der Waals surface area contributed by atoms with Crippen molar-refractivity contribution in [3.05, 3.63) is 197 Å². The molecule has 9 N–H and O–H groups in total. The van der Waals surface area contributed by atoms with E-state index in [9.17, 15) is 14.7 Å². The van der Waals surface area contributed by atoms with Crippen molar-refractivity contribution < 1.29 is 19.5 Å². The van der Waals surface area contributed by atoms with Crippen molar-refractivity contribution >= 4 is 130 Å². The fourth-order valence-corrected chi connectivity index (χ4v) is 13.6. The largest absolute Gasteiger partial charge is 0.464 e. The van der Waals surface area contributed by atoms with Crippen molar-refractivity contribution in [1.29, 1.82) is 0 Å². The molecule has 4 aliphatic rings. The number of fused-ring (bicyclic) bond motifs is 3. The van der Waals surface area contributed by atoms with Gasteiger partial charge < -0.3 is 47.6 Å². The van der Waals surface area contributed by atoms with Crippen molar-refractivity contribution in [2.75, 3.05) is 102 Å². The standard InChI is InChI=1S/C52H46N8O3S.C19H21N5OS/c53-41-16-12-34(31-5-2-1-3-6-31)27-44(41)60(45-28-35(13-17-42(45)54)46-7-4-24-64-46)51(61)38-25-36-14-18-43(48(33-10-11-33)50(36)56-30-38)59(52(62)63)39-26-37-15-19-47(58-22-20-55-21-23-58)57-49(37)40(29-39)32-8-9-32;1-23-5-7-24(8-6-23)15-3-2-13-10-14(12-21-17(13)11-15)19(25)22-16-4-9-26-18(16)20/h1-7,12-19,24-30,32-33,55H,8-11,20-23,53-54H2,(H,62,63);2-4,9-12H,5-8,20H2,1H3,(H,22,25). The topological polar surface area (TPSA) is 228 Å². The zero-order valence-corrected chi connectivity index (χ0v) is 51.3. The molecule has 0 spiro atoms. The SMILES string of the molecule is CN1CCN(c2ccc3cc(C(=O)Nc4ccsc4N)cnc3c2)CC1.Nc1ccc(-c2ccccc2)cc1N(C(=O)c1cnc2c(C3CC3)c(N(C(=O)O)c3cc(C4CC4)c4nc(N5CCNCC5)ccc4c3)ccc2c1)c1cc(-c2cccs2)ccc1N. The van der Waals surface area contributed by atoms with E-state index in [0.29, 0.717) is 67.4 Å². The van der Waals surface area contributed by atoms with E-state index in [2.05, 4.69) is 61.6 Å². The number of pyridine rings is 3. The Kier molecular flexibility index (Phi) is 15.8. The lowest BCUT2D eigenvalue weighted by Crippen LogP contribution is -2.44. The molecule has 0 radical (unpaired) electrons. The number of rotatable bonds is 13. The number of nitrogens with two attached hydrogens (primary N) is 3. The predicted molar refractivity (Wildman–Crippen MR) is 368 cm³/mol. The predicted octanol–water partition coefficient (Wildman–Crippen LogP) is 14.2. The van der Waals surface area contributed by atoms with Gasteiger partial charge in [0.05, 0.1) is 67.5 Å². The molecule has 5 aromatic heterocycles. The summed E-state index contributed by atoms with van der Waals surface area (Å²) in [5.74, 6) is 0.856. The van der Waals surface area contributed by atoms with Gasteiger partial charge in [-0.1, -0.05) is 60.7 Å². The van der Waals surface area contributed by atoms with E-state index in [4.69, 9.17) is 27.2 Å². The maximum absolute atomic E-state index is 15.2. The summed E-state index contributed by atoms with van der Waals surface area (Å²) in [5, 5.41) is 24.3. The first-order chi connectivity index (χ1) is 43.9. The lowest BCUT2D eigenvalue weighted by atomic mass is 9.99. The number of nitrogens with one attached hydrogen (secondary N) is 2. The van der Waals surface area contributed by atoms with E-state index in [1.54, 1.807) is 34.7 Å². The van der Waals surface area contributed by atoms with Crippen molar-refractivity contribution in [1.82, 2.24) is 25.2 Å². The van der Waals surface area contributed by atoms with Crippen LogP contribution in [0.1, 0.15) is 69.4 Å². The van der Waals surface area contributed by atoms with Gasteiger partial charge in [-0.05, 0) is 169 Å². The molecule has 3 amide bonds. The van der Waals surface area contributed by atoms with Gasteiger partial charge in [-0.2, -0.15) is 0 Å². The van der Waals surface area contributed by atoms with Crippen LogP contribution in [0.15, 0.2) is 175 Å². The van der Waals surface area contributed by atoms with E-state index in [1.807, 2.05) is 132 Å². The summed E-state index contributed by atoms with van der Waals surface area (Å²) in [4.78, 5) is 66.9. The molecule has 11 aromatic rings. The van der Waals surface area contributed by atoms with Gasteiger partial charge in [0.15, 0.2) is 0 Å². The first-order valence-corrected chi connectivity index (χ1v) is 32.2. The van der Waals surface area contributed by atoms with E-state index < -0.39 is 6.09 Å². The quantitative estimate of drug-likeness (QED) is 0.0590. The van der Waals surface area contributed by atoms with Crippen LogP contribution in [0, 0.1) is 0 Å². The molecular weight excluding hydrogens is 1160 g/mol. The normalized spacial score (nSPS) is 15.2. The number of nitrogens with zero attached hydrogens (tertiary/aromatic N) is 8. The van der Waals surface area contributed by atoms with Crippen LogP contribution in [0.5, 0.6) is 0 Å². The van der Waals surface area contributed by atoms with Crippen molar-refractivity contribution in [2.45, 2.75) is 37.5 Å². The molecule has 2 aliphatic carbocycles. The molecule has 0 unspecified atom stereocenters. The van der Waals surface area contributed by atoms with E-state index >= 15 is 4.79 Å². The second-order valence-electron chi connectivity index (χ2n) is 23.5. The van der Waals surface area contributed by atoms with Crippen molar-refractivity contribution in [3.63, 3.8) is 0 Å². The number of thiophene rings is 2. The Morgan fingerprint density at radius 3 is 2.01 bits per heavy atom. The minimum Gasteiger partial charge on any atom is -0.464 e. The summed E-state index contributed by atoms with van der Waals surface area (Å²) >= 11 is 3.00. The van der Waals surface area contributed by atoms with Crippen LogP contribution in [-0.2, 0) is 0 Å². The number of likely N-dealkylation sites (N-methyl/N-ethyl adjacent to an activating group) is 1. The number of anilines is 10. The Morgan fingerprint density at radius 2 is 1.30 bits per heavy atom.